The Labute approximate surface area is 138 Å². The molecule has 0 amide bonds. The molecule has 1 unspecified atom stereocenters. The van der Waals surface area contributed by atoms with Gasteiger partial charge in [0.05, 0.1) is 14.2 Å². The van der Waals surface area contributed by atoms with Crippen molar-refractivity contribution in [2.24, 2.45) is 0 Å². The standard InChI is InChI=1S/C18H27FN2O2/c1-22-17-10-14(16(19)11-18(17)23-2)12-21-9-5-6-15(21)13-20-7-3-4-8-20/h10-11,15H,3-9,12-13H2,1-2H3. The van der Waals surface area contributed by atoms with Gasteiger partial charge in [-0.15, -0.1) is 0 Å². The molecular weight excluding hydrogens is 295 g/mol. The van der Waals surface area contributed by atoms with Crippen molar-refractivity contribution in [1.29, 1.82) is 0 Å². The molecule has 1 atom stereocenters. The first-order valence-corrected chi connectivity index (χ1v) is 8.58. The Morgan fingerprint density at radius 3 is 2.43 bits per heavy atom. The van der Waals surface area contributed by atoms with Crippen LogP contribution in [0.25, 0.3) is 0 Å². The molecule has 1 aromatic rings. The fourth-order valence-corrected chi connectivity index (χ4v) is 3.81. The minimum atomic E-state index is -0.213. The van der Waals surface area contributed by atoms with E-state index in [1.807, 2.05) is 0 Å². The average Bonchev–Trinajstić information content (AvgIpc) is 3.22. The van der Waals surface area contributed by atoms with Crippen LogP contribution in [0, 0.1) is 5.82 Å². The number of likely N-dealkylation sites (tertiary alicyclic amines) is 2. The van der Waals surface area contributed by atoms with E-state index in [0.29, 0.717) is 29.6 Å². The van der Waals surface area contributed by atoms with Crippen LogP contribution in [0.4, 0.5) is 4.39 Å². The molecular formula is C18H27FN2O2. The molecule has 23 heavy (non-hydrogen) atoms. The highest BCUT2D eigenvalue weighted by Gasteiger charge is 2.28. The number of benzene rings is 1. The van der Waals surface area contributed by atoms with E-state index >= 15 is 0 Å². The highest BCUT2D eigenvalue weighted by molar-refractivity contribution is 5.43. The zero-order chi connectivity index (χ0) is 16.2. The number of halogens is 1. The van der Waals surface area contributed by atoms with Gasteiger partial charge in [0.25, 0.3) is 0 Å². The monoisotopic (exact) mass is 322 g/mol. The Hall–Kier alpha value is -1.33. The van der Waals surface area contributed by atoms with Gasteiger partial charge in [-0.3, -0.25) is 4.90 Å². The maximum absolute atomic E-state index is 14.4. The van der Waals surface area contributed by atoms with Crippen molar-refractivity contribution < 1.29 is 13.9 Å². The Balaban J connectivity index is 1.69. The summed E-state index contributed by atoms with van der Waals surface area (Å²) in [6.07, 6.45) is 5.05. The van der Waals surface area contributed by atoms with Gasteiger partial charge in [0.2, 0.25) is 0 Å². The summed E-state index contributed by atoms with van der Waals surface area (Å²) in [7, 11) is 3.12. The molecule has 128 valence electrons. The van der Waals surface area contributed by atoms with Gasteiger partial charge < -0.3 is 14.4 Å². The summed E-state index contributed by atoms with van der Waals surface area (Å²) >= 11 is 0. The third-order valence-corrected chi connectivity index (χ3v) is 5.09. The summed E-state index contributed by atoms with van der Waals surface area (Å²) in [4.78, 5) is 4.97. The molecule has 0 bridgehead atoms. The molecule has 0 aromatic heterocycles. The Morgan fingerprint density at radius 1 is 1.04 bits per heavy atom. The zero-order valence-corrected chi connectivity index (χ0v) is 14.2. The van der Waals surface area contributed by atoms with Gasteiger partial charge in [-0.05, 0) is 51.4 Å². The van der Waals surface area contributed by atoms with E-state index in [-0.39, 0.29) is 5.82 Å². The Kier molecular flexibility index (Phi) is 5.38. The van der Waals surface area contributed by atoms with Crippen molar-refractivity contribution in [2.75, 3.05) is 40.4 Å². The molecule has 2 aliphatic heterocycles. The third kappa shape index (κ3) is 3.78. The van der Waals surface area contributed by atoms with E-state index in [0.717, 1.165) is 13.1 Å². The molecule has 4 nitrogen and oxygen atoms in total. The third-order valence-electron chi connectivity index (χ3n) is 5.09. The molecule has 2 saturated heterocycles. The summed E-state index contributed by atoms with van der Waals surface area (Å²) in [5, 5.41) is 0. The first-order valence-electron chi connectivity index (χ1n) is 8.58. The van der Waals surface area contributed by atoms with Crippen molar-refractivity contribution in [3.8, 4) is 11.5 Å². The second-order valence-electron chi connectivity index (χ2n) is 6.57. The number of nitrogens with zero attached hydrogens (tertiary/aromatic N) is 2. The molecule has 0 N–H and O–H groups in total. The average molecular weight is 322 g/mol. The first kappa shape index (κ1) is 16.5. The van der Waals surface area contributed by atoms with E-state index in [1.165, 1.54) is 51.9 Å². The summed E-state index contributed by atoms with van der Waals surface area (Å²) in [6.45, 7) is 5.25. The molecule has 0 radical (unpaired) electrons. The Morgan fingerprint density at radius 2 is 1.74 bits per heavy atom. The first-order chi connectivity index (χ1) is 11.2. The van der Waals surface area contributed by atoms with E-state index in [2.05, 4.69) is 9.80 Å². The second kappa shape index (κ2) is 7.49. The van der Waals surface area contributed by atoms with Gasteiger partial charge in [-0.25, -0.2) is 4.39 Å². The van der Waals surface area contributed by atoms with Crippen LogP contribution in [0.1, 0.15) is 31.2 Å². The summed E-state index contributed by atoms with van der Waals surface area (Å²) in [6, 6.07) is 3.75. The van der Waals surface area contributed by atoms with E-state index in [4.69, 9.17) is 9.47 Å². The number of ether oxygens (including phenoxy) is 2. The predicted molar refractivity (Wildman–Crippen MR) is 88.6 cm³/mol. The van der Waals surface area contributed by atoms with Gasteiger partial charge in [-0.1, -0.05) is 0 Å². The van der Waals surface area contributed by atoms with Gasteiger partial charge in [0.1, 0.15) is 5.82 Å². The molecule has 3 rings (SSSR count). The lowest BCUT2D eigenvalue weighted by Crippen LogP contribution is -2.39. The quantitative estimate of drug-likeness (QED) is 0.804. The normalized spacial score (nSPS) is 22.7. The topological polar surface area (TPSA) is 24.9 Å². The van der Waals surface area contributed by atoms with Crippen LogP contribution >= 0.6 is 0 Å². The van der Waals surface area contributed by atoms with Crippen molar-refractivity contribution in [3.05, 3.63) is 23.5 Å². The SMILES string of the molecule is COc1cc(F)c(CN2CCCC2CN2CCCC2)cc1OC. The highest BCUT2D eigenvalue weighted by atomic mass is 19.1. The number of rotatable bonds is 6. The maximum atomic E-state index is 14.4. The number of hydrogen-bond donors (Lipinski definition) is 0. The summed E-state index contributed by atoms with van der Waals surface area (Å²) in [5.41, 5.74) is 0.691. The molecule has 2 fully saturated rings. The van der Waals surface area contributed by atoms with Gasteiger partial charge in [-0.2, -0.15) is 0 Å². The van der Waals surface area contributed by atoms with Gasteiger partial charge in [0, 0.05) is 30.8 Å². The predicted octanol–water partition coefficient (Wildman–Crippen LogP) is 2.90. The van der Waals surface area contributed by atoms with Crippen molar-refractivity contribution >= 4 is 0 Å². The van der Waals surface area contributed by atoms with E-state index in [9.17, 15) is 4.39 Å². The van der Waals surface area contributed by atoms with Crippen LogP contribution in [0.2, 0.25) is 0 Å². The van der Waals surface area contributed by atoms with Crippen LogP contribution in [-0.4, -0.2) is 56.2 Å². The smallest absolute Gasteiger partial charge is 0.163 e. The lowest BCUT2D eigenvalue weighted by molar-refractivity contribution is 0.183. The Bertz CT molecular complexity index is 532. The second-order valence-corrected chi connectivity index (χ2v) is 6.57. The summed E-state index contributed by atoms with van der Waals surface area (Å²) < 4.78 is 24.8. The number of hydrogen-bond acceptors (Lipinski definition) is 4. The van der Waals surface area contributed by atoms with Crippen LogP contribution in [0.3, 0.4) is 0 Å². The largest absolute Gasteiger partial charge is 0.493 e. The molecule has 5 heteroatoms. The lowest BCUT2D eigenvalue weighted by atomic mass is 10.1. The van der Waals surface area contributed by atoms with Gasteiger partial charge >= 0.3 is 0 Å². The van der Waals surface area contributed by atoms with E-state index < -0.39 is 0 Å². The lowest BCUT2D eigenvalue weighted by Gasteiger charge is -2.28. The minimum absolute atomic E-state index is 0.213. The summed E-state index contributed by atoms with van der Waals surface area (Å²) in [5.74, 6) is 0.831. The van der Waals surface area contributed by atoms with Crippen LogP contribution in [0.5, 0.6) is 11.5 Å². The minimum Gasteiger partial charge on any atom is -0.493 e. The van der Waals surface area contributed by atoms with E-state index in [1.54, 1.807) is 13.2 Å². The molecule has 2 heterocycles. The molecule has 0 saturated carbocycles. The zero-order valence-electron chi connectivity index (χ0n) is 14.2. The maximum Gasteiger partial charge on any atom is 0.163 e. The number of methoxy groups -OCH3 is 2. The van der Waals surface area contributed by atoms with Crippen molar-refractivity contribution in [1.82, 2.24) is 9.80 Å². The van der Waals surface area contributed by atoms with Crippen molar-refractivity contribution in [3.63, 3.8) is 0 Å². The molecule has 1 aromatic carbocycles. The highest BCUT2D eigenvalue weighted by Crippen LogP contribution is 2.31. The van der Waals surface area contributed by atoms with Gasteiger partial charge in [0.15, 0.2) is 11.5 Å². The van der Waals surface area contributed by atoms with Crippen LogP contribution in [-0.2, 0) is 6.54 Å². The fraction of sp³-hybridized carbons (Fsp3) is 0.667. The van der Waals surface area contributed by atoms with Crippen molar-refractivity contribution in [2.45, 2.75) is 38.3 Å². The molecule has 0 aliphatic carbocycles. The van der Waals surface area contributed by atoms with Crippen LogP contribution < -0.4 is 9.47 Å². The molecule has 0 spiro atoms. The fourth-order valence-electron chi connectivity index (χ4n) is 3.81. The van der Waals surface area contributed by atoms with Crippen LogP contribution in [0.15, 0.2) is 12.1 Å². The molecule has 2 aliphatic rings.